The molecule has 9 heteroatoms. The van der Waals surface area contributed by atoms with E-state index in [4.69, 9.17) is 9.05 Å². The van der Waals surface area contributed by atoms with Crippen molar-refractivity contribution in [2.24, 2.45) is 0 Å². The number of nitrogens with one attached hydrogen (secondary N) is 2. The van der Waals surface area contributed by atoms with Crippen molar-refractivity contribution in [1.82, 2.24) is 0 Å². The number of non-ortho nitro benzene ring substituents is 1. The van der Waals surface area contributed by atoms with E-state index in [2.05, 4.69) is 10.6 Å². The second kappa shape index (κ2) is 6.94. The molecular formula is C16H26N3O5P. The molecule has 2 rings (SSSR count). The van der Waals surface area contributed by atoms with Crippen LogP contribution in [0.3, 0.4) is 0 Å². The second-order valence-electron chi connectivity index (χ2n) is 6.90. The standard InChI is InChI=1S/C16H26N3O5P/c1-6-23-25(22,24-7-2)16(5)11-15(3,4)17-13-9-8-12(19(20)21)10-14(13)18-16/h8-10,17-18H,6-7,11H2,1-5H3. The highest BCUT2D eigenvalue weighted by Gasteiger charge is 2.51. The van der Waals surface area contributed by atoms with Crippen LogP contribution in [0, 0.1) is 10.1 Å². The number of nitro groups is 1. The van der Waals surface area contributed by atoms with Crippen LogP contribution in [0.1, 0.15) is 41.0 Å². The predicted octanol–water partition coefficient (Wildman–Crippen LogP) is 4.58. The molecule has 1 aromatic rings. The van der Waals surface area contributed by atoms with Crippen LogP contribution in [0.2, 0.25) is 0 Å². The Hall–Kier alpha value is -1.63. The fraction of sp³-hybridized carbons (Fsp3) is 0.625. The Morgan fingerprint density at radius 1 is 1.16 bits per heavy atom. The maximum Gasteiger partial charge on any atom is 0.355 e. The molecule has 1 heterocycles. The molecule has 0 radical (unpaired) electrons. The maximum atomic E-state index is 13.5. The lowest BCUT2D eigenvalue weighted by molar-refractivity contribution is -0.384. The minimum absolute atomic E-state index is 0.0437. The van der Waals surface area contributed by atoms with Crippen molar-refractivity contribution < 1.29 is 18.5 Å². The molecule has 0 spiro atoms. The van der Waals surface area contributed by atoms with Gasteiger partial charge in [-0.25, -0.2) is 0 Å². The van der Waals surface area contributed by atoms with Crippen LogP contribution in [0.4, 0.5) is 17.1 Å². The summed E-state index contributed by atoms with van der Waals surface area (Å²) in [5.41, 5.74) is 0.728. The van der Waals surface area contributed by atoms with E-state index >= 15 is 0 Å². The minimum atomic E-state index is -3.53. The average molecular weight is 371 g/mol. The molecule has 1 unspecified atom stereocenters. The predicted molar refractivity (Wildman–Crippen MR) is 98.3 cm³/mol. The highest BCUT2D eigenvalue weighted by atomic mass is 31.2. The van der Waals surface area contributed by atoms with Gasteiger partial charge in [0.25, 0.3) is 5.69 Å². The molecule has 1 aromatic carbocycles. The summed E-state index contributed by atoms with van der Waals surface area (Å²) in [6.45, 7) is 9.73. The van der Waals surface area contributed by atoms with E-state index in [0.717, 1.165) is 0 Å². The summed E-state index contributed by atoms with van der Waals surface area (Å²) >= 11 is 0. The number of rotatable bonds is 6. The zero-order valence-electron chi connectivity index (χ0n) is 15.3. The van der Waals surface area contributed by atoms with E-state index in [0.29, 0.717) is 17.8 Å². The van der Waals surface area contributed by atoms with Gasteiger partial charge in [-0.3, -0.25) is 14.7 Å². The Morgan fingerprint density at radius 2 is 1.76 bits per heavy atom. The summed E-state index contributed by atoms with van der Waals surface area (Å²) in [5, 5.41) is 16.6. The number of benzene rings is 1. The molecule has 0 saturated heterocycles. The molecule has 8 nitrogen and oxygen atoms in total. The Kier molecular flexibility index (Phi) is 5.47. The largest absolute Gasteiger partial charge is 0.378 e. The molecule has 0 amide bonds. The van der Waals surface area contributed by atoms with Gasteiger partial charge in [0, 0.05) is 24.1 Å². The SMILES string of the molecule is CCOP(=O)(OCC)C1(C)CC(C)(C)Nc2ccc([N+](=O)[O-])cc2N1. The summed E-state index contributed by atoms with van der Waals surface area (Å²) < 4.78 is 24.6. The minimum Gasteiger partial charge on any atom is -0.378 e. The molecular weight excluding hydrogens is 345 g/mol. The van der Waals surface area contributed by atoms with Gasteiger partial charge in [0.1, 0.15) is 5.28 Å². The van der Waals surface area contributed by atoms with E-state index in [1.807, 2.05) is 13.8 Å². The van der Waals surface area contributed by atoms with E-state index < -0.39 is 23.3 Å². The van der Waals surface area contributed by atoms with Crippen molar-refractivity contribution >= 4 is 24.7 Å². The van der Waals surface area contributed by atoms with Crippen molar-refractivity contribution in [3.8, 4) is 0 Å². The van der Waals surface area contributed by atoms with Gasteiger partial charge in [-0.1, -0.05) is 0 Å². The summed E-state index contributed by atoms with van der Waals surface area (Å²) in [4.78, 5) is 10.7. The first kappa shape index (κ1) is 19.7. The smallest absolute Gasteiger partial charge is 0.355 e. The van der Waals surface area contributed by atoms with Gasteiger partial charge >= 0.3 is 7.60 Å². The summed E-state index contributed by atoms with van der Waals surface area (Å²) in [6, 6.07) is 4.53. The van der Waals surface area contributed by atoms with Gasteiger partial charge in [-0.15, -0.1) is 0 Å². The Labute approximate surface area is 148 Å². The molecule has 140 valence electrons. The molecule has 1 aliphatic rings. The third-order valence-corrected chi connectivity index (χ3v) is 6.75. The van der Waals surface area contributed by atoms with E-state index in [1.54, 1.807) is 26.8 Å². The van der Waals surface area contributed by atoms with Gasteiger partial charge in [-0.05, 0) is 40.7 Å². The topological polar surface area (TPSA) is 103 Å². The van der Waals surface area contributed by atoms with Crippen molar-refractivity contribution in [2.45, 2.75) is 51.9 Å². The Balaban J connectivity index is 2.57. The number of anilines is 2. The second-order valence-corrected chi connectivity index (χ2v) is 9.40. The van der Waals surface area contributed by atoms with E-state index in [-0.39, 0.29) is 18.9 Å². The van der Waals surface area contributed by atoms with Crippen LogP contribution in [0.15, 0.2) is 18.2 Å². The van der Waals surface area contributed by atoms with Crippen LogP contribution < -0.4 is 10.6 Å². The fourth-order valence-corrected chi connectivity index (χ4v) is 5.46. The lowest BCUT2D eigenvalue weighted by atomic mass is 9.96. The first-order valence-corrected chi connectivity index (χ1v) is 9.84. The number of nitro benzene ring substituents is 1. The highest BCUT2D eigenvalue weighted by Crippen LogP contribution is 2.63. The lowest BCUT2D eigenvalue weighted by Crippen LogP contribution is -2.43. The third-order valence-electron chi connectivity index (χ3n) is 4.08. The quantitative estimate of drug-likeness (QED) is 0.428. The molecule has 0 aromatic heterocycles. The number of hydrogen-bond donors (Lipinski definition) is 2. The third kappa shape index (κ3) is 3.97. The first-order valence-electron chi connectivity index (χ1n) is 8.30. The Bertz CT molecular complexity index is 699. The van der Waals surface area contributed by atoms with Crippen molar-refractivity contribution in [1.29, 1.82) is 0 Å². The van der Waals surface area contributed by atoms with Gasteiger partial charge in [0.2, 0.25) is 0 Å². The summed E-state index contributed by atoms with van der Waals surface area (Å²) in [6.07, 6.45) is 0.430. The highest BCUT2D eigenvalue weighted by molar-refractivity contribution is 7.55. The van der Waals surface area contributed by atoms with Gasteiger partial charge in [-0.2, -0.15) is 0 Å². The van der Waals surface area contributed by atoms with E-state index in [1.165, 1.54) is 12.1 Å². The zero-order valence-corrected chi connectivity index (χ0v) is 16.2. The normalized spacial score (nSPS) is 22.3. The van der Waals surface area contributed by atoms with Crippen molar-refractivity contribution in [3.63, 3.8) is 0 Å². The van der Waals surface area contributed by atoms with E-state index in [9.17, 15) is 14.7 Å². The number of fused-ring (bicyclic) bond motifs is 1. The molecule has 0 fully saturated rings. The molecule has 25 heavy (non-hydrogen) atoms. The molecule has 0 bridgehead atoms. The van der Waals surface area contributed by atoms with Gasteiger partial charge in [0.05, 0.1) is 29.5 Å². The fourth-order valence-electron chi connectivity index (χ4n) is 3.29. The number of nitrogens with zero attached hydrogens (tertiary/aromatic N) is 1. The molecule has 2 N–H and O–H groups in total. The summed E-state index contributed by atoms with van der Waals surface area (Å²) in [5.74, 6) is 0. The van der Waals surface area contributed by atoms with Crippen LogP contribution in [0.25, 0.3) is 0 Å². The average Bonchev–Trinajstić information content (AvgIpc) is 2.58. The lowest BCUT2D eigenvalue weighted by Gasteiger charge is -2.39. The van der Waals surface area contributed by atoms with Crippen molar-refractivity contribution in [2.75, 3.05) is 23.8 Å². The number of hydrogen-bond acceptors (Lipinski definition) is 7. The van der Waals surface area contributed by atoms with Gasteiger partial charge in [0.15, 0.2) is 0 Å². The van der Waals surface area contributed by atoms with Crippen LogP contribution >= 0.6 is 7.60 Å². The van der Waals surface area contributed by atoms with Crippen LogP contribution in [-0.2, 0) is 13.6 Å². The molecule has 1 aliphatic heterocycles. The molecule has 1 atom stereocenters. The molecule has 0 saturated carbocycles. The van der Waals surface area contributed by atoms with Gasteiger partial charge < -0.3 is 19.7 Å². The summed E-state index contributed by atoms with van der Waals surface area (Å²) in [7, 11) is -3.53. The van der Waals surface area contributed by atoms with Crippen LogP contribution in [0.5, 0.6) is 0 Å². The maximum absolute atomic E-state index is 13.5. The molecule has 0 aliphatic carbocycles. The van der Waals surface area contributed by atoms with Crippen LogP contribution in [-0.4, -0.2) is 29.0 Å². The van der Waals surface area contributed by atoms with Crippen molar-refractivity contribution in [3.05, 3.63) is 28.3 Å². The zero-order chi connectivity index (χ0) is 18.9. The monoisotopic (exact) mass is 371 g/mol. The first-order chi connectivity index (χ1) is 11.6. The Morgan fingerprint density at radius 3 is 2.28 bits per heavy atom.